The zero-order valence-electron chi connectivity index (χ0n) is 14.9. The van der Waals surface area contributed by atoms with E-state index in [0.29, 0.717) is 17.9 Å². The minimum Gasteiger partial charge on any atom is -0.395 e. The second kappa shape index (κ2) is 5.59. The van der Waals surface area contributed by atoms with Crippen LogP contribution in [0, 0.1) is 34.5 Å². The van der Waals surface area contributed by atoms with Crippen molar-refractivity contribution in [3.05, 3.63) is 11.6 Å². The Morgan fingerprint density at radius 1 is 1.13 bits per heavy atom. The third-order valence-electron chi connectivity index (χ3n) is 8.77. The number of aliphatic hydroxyl groups is 2. The Labute approximate surface area is 141 Å². The van der Waals surface area contributed by atoms with Crippen molar-refractivity contribution in [3.63, 3.8) is 0 Å². The van der Waals surface area contributed by atoms with Crippen molar-refractivity contribution in [1.29, 1.82) is 0 Å². The summed E-state index contributed by atoms with van der Waals surface area (Å²) in [5.74, 6) is 3.21. The van der Waals surface area contributed by atoms with Gasteiger partial charge in [0, 0.05) is 5.41 Å². The van der Waals surface area contributed by atoms with Gasteiger partial charge < -0.3 is 10.2 Å². The smallest absolute Gasteiger partial charge is 0.0577 e. The van der Waals surface area contributed by atoms with Crippen LogP contribution in [0.5, 0.6) is 0 Å². The molecule has 0 saturated heterocycles. The summed E-state index contributed by atoms with van der Waals surface area (Å²) in [5.41, 5.74) is 1.95. The van der Waals surface area contributed by atoms with Gasteiger partial charge in [-0.2, -0.15) is 0 Å². The topological polar surface area (TPSA) is 40.5 Å². The van der Waals surface area contributed by atoms with E-state index in [9.17, 15) is 10.2 Å². The Balaban J connectivity index is 1.68. The molecule has 0 unspecified atom stereocenters. The molecule has 0 radical (unpaired) electrons. The second-order valence-corrected chi connectivity index (χ2v) is 9.28. The van der Waals surface area contributed by atoms with E-state index in [1.54, 1.807) is 0 Å². The molecule has 4 rings (SSSR count). The van der Waals surface area contributed by atoms with Crippen molar-refractivity contribution in [3.8, 4) is 0 Å². The van der Waals surface area contributed by atoms with Crippen LogP contribution in [0.4, 0.5) is 0 Å². The number of aliphatic hydroxyl groups excluding tert-OH is 2. The van der Waals surface area contributed by atoms with Crippen LogP contribution in [0.3, 0.4) is 0 Å². The predicted molar refractivity (Wildman–Crippen MR) is 92.9 cm³/mol. The molecule has 23 heavy (non-hydrogen) atoms. The van der Waals surface area contributed by atoms with Crippen LogP contribution in [0.25, 0.3) is 0 Å². The van der Waals surface area contributed by atoms with Gasteiger partial charge in [0.2, 0.25) is 0 Å². The van der Waals surface area contributed by atoms with Crippen LogP contribution in [-0.4, -0.2) is 22.9 Å². The Bertz CT molecular complexity index is 498. The van der Waals surface area contributed by atoms with Gasteiger partial charge in [-0.15, -0.1) is 0 Å². The molecule has 0 aromatic carbocycles. The highest BCUT2D eigenvalue weighted by molar-refractivity contribution is 5.26. The fourth-order valence-electron chi connectivity index (χ4n) is 7.51. The molecular weight excluding hydrogens is 284 g/mol. The molecule has 0 heterocycles. The maximum atomic E-state index is 10.4. The van der Waals surface area contributed by atoms with E-state index in [0.717, 1.165) is 37.0 Å². The summed E-state index contributed by atoms with van der Waals surface area (Å²) in [6.07, 6.45) is 13.0. The summed E-state index contributed by atoms with van der Waals surface area (Å²) in [6.45, 7) is 5.25. The van der Waals surface area contributed by atoms with Gasteiger partial charge in [0.1, 0.15) is 0 Å². The summed E-state index contributed by atoms with van der Waals surface area (Å²) in [6, 6.07) is 0. The van der Waals surface area contributed by atoms with E-state index in [2.05, 4.69) is 19.9 Å². The third kappa shape index (κ3) is 2.13. The molecule has 3 fully saturated rings. The van der Waals surface area contributed by atoms with Crippen molar-refractivity contribution < 1.29 is 10.2 Å². The standard InChI is InChI=1S/C21H34O2/c1-3-14-5-7-18-17-6-4-15-12-16(23)8-11-21(15,13-22)19(17)9-10-20(14,18)2/h4,14,16-19,22-23H,3,5-13H2,1-2H3/t14-,16-,17-,18-,19-,20+,21+/m0/s1. The lowest BCUT2D eigenvalue weighted by Gasteiger charge is -2.58. The first-order valence-electron chi connectivity index (χ1n) is 10.0. The Hall–Kier alpha value is -0.340. The van der Waals surface area contributed by atoms with E-state index in [1.165, 1.54) is 44.1 Å². The average molecular weight is 319 g/mol. The summed E-state index contributed by atoms with van der Waals surface area (Å²) in [7, 11) is 0. The number of hydrogen-bond acceptors (Lipinski definition) is 2. The van der Waals surface area contributed by atoms with Crippen LogP contribution in [0.15, 0.2) is 11.6 Å². The lowest BCUT2D eigenvalue weighted by molar-refractivity contribution is -0.0746. The van der Waals surface area contributed by atoms with Gasteiger partial charge in [-0.25, -0.2) is 0 Å². The SMILES string of the molecule is CC[C@H]1CC[C@H]2[C@@H]3CC=C4C[C@@H](O)CC[C@]4(CO)[C@H]3CC[C@]12C. The highest BCUT2D eigenvalue weighted by atomic mass is 16.3. The molecule has 4 aliphatic rings. The molecule has 0 aromatic rings. The van der Waals surface area contributed by atoms with Crippen LogP contribution in [-0.2, 0) is 0 Å². The maximum Gasteiger partial charge on any atom is 0.0577 e. The van der Waals surface area contributed by atoms with Crippen molar-refractivity contribution in [2.45, 2.75) is 77.7 Å². The zero-order chi connectivity index (χ0) is 16.2. The minimum absolute atomic E-state index is 0.00772. The molecule has 130 valence electrons. The highest BCUT2D eigenvalue weighted by Crippen LogP contribution is 2.66. The zero-order valence-corrected chi connectivity index (χ0v) is 14.9. The summed E-state index contributed by atoms with van der Waals surface area (Å²) in [5, 5.41) is 20.5. The monoisotopic (exact) mass is 318 g/mol. The maximum absolute atomic E-state index is 10.4. The number of allylic oxidation sites excluding steroid dienone is 1. The molecule has 0 aromatic heterocycles. The quantitative estimate of drug-likeness (QED) is 0.745. The molecule has 3 saturated carbocycles. The number of fused-ring (bicyclic) bond motifs is 5. The summed E-state index contributed by atoms with van der Waals surface area (Å²) < 4.78 is 0. The summed E-state index contributed by atoms with van der Waals surface area (Å²) in [4.78, 5) is 0. The van der Waals surface area contributed by atoms with Crippen molar-refractivity contribution in [2.75, 3.05) is 6.61 Å². The lowest BCUT2D eigenvalue weighted by Crippen LogP contribution is -2.52. The first kappa shape index (κ1) is 16.1. The average Bonchev–Trinajstić information content (AvgIpc) is 2.90. The number of rotatable bonds is 2. The molecule has 0 amide bonds. The van der Waals surface area contributed by atoms with E-state index < -0.39 is 0 Å². The van der Waals surface area contributed by atoms with Crippen LogP contribution in [0.1, 0.15) is 71.6 Å². The van der Waals surface area contributed by atoms with Crippen LogP contribution in [0.2, 0.25) is 0 Å². The fourth-order valence-corrected chi connectivity index (χ4v) is 7.51. The number of hydrogen-bond donors (Lipinski definition) is 2. The predicted octanol–water partition coefficient (Wildman–Crippen LogP) is 4.31. The van der Waals surface area contributed by atoms with E-state index in [1.807, 2.05) is 0 Å². The first-order valence-corrected chi connectivity index (χ1v) is 10.0. The molecule has 0 spiro atoms. The van der Waals surface area contributed by atoms with Gasteiger partial charge in [-0.3, -0.25) is 0 Å². The first-order chi connectivity index (χ1) is 11.0. The summed E-state index contributed by atoms with van der Waals surface area (Å²) >= 11 is 0. The van der Waals surface area contributed by atoms with Gasteiger partial charge in [0.15, 0.2) is 0 Å². The fraction of sp³-hybridized carbons (Fsp3) is 0.905. The Morgan fingerprint density at radius 3 is 2.70 bits per heavy atom. The van der Waals surface area contributed by atoms with Crippen molar-refractivity contribution in [1.82, 2.24) is 0 Å². The molecule has 2 heteroatoms. The normalized spacial score (nSPS) is 52.3. The van der Waals surface area contributed by atoms with E-state index in [-0.39, 0.29) is 11.5 Å². The third-order valence-corrected chi connectivity index (χ3v) is 8.77. The van der Waals surface area contributed by atoms with Gasteiger partial charge in [-0.05, 0) is 80.5 Å². The molecule has 2 N–H and O–H groups in total. The van der Waals surface area contributed by atoms with Crippen LogP contribution < -0.4 is 0 Å². The Morgan fingerprint density at radius 2 is 1.96 bits per heavy atom. The lowest BCUT2D eigenvalue weighted by atomic mass is 9.47. The molecule has 0 bridgehead atoms. The largest absolute Gasteiger partial charge is 0.395 e. The molecule has 2 nitrogen and oxygen atoms in total. The molecule has 0 aliphatic heterocycles. The van der Waals surface area contributed by atoms with Crippen LogP contribution >= 0.6 is 0 Å². The molecule has 4 aliphatic carbocycles. The molecule has 7 atom stereocenters. The highest BCUT2D eigenvalue weighted by Gasteiger charge is 2.59. The van der Waals surface area contributed by atoms with Gasteiger partial charge in [0.25, 0.3) is 0 Å². The second-order valence-electron chi connectivity index (χ2n) is 9.28. The van der Waals surface area contributed by atoms with E-state index in [4.69, 9.17) is 0 Å². The van der Waals surface area contributed by atoms with Crippen molar-refractivity contribution in [2.24, 2.45) is 34.5 Å². The molecular formula is C21H34O2. The van der Waals surface area contributed by atoms with Crippen molar-refractivity contribution >= 4 is 0 Å². The van der Waals surface area contributed by atoms with E-state index >= 15 is 0 Å². The van der Waals surface area contributed by atoms with Gasteiger partial charge in [-0.1, -0.05) is 31.9 Å². The van der Waals surface area contributed by atoms with Gasteiger partial charge in [0.05, 0.1) is 12.7 Å². The van der Waals surface area contributed by atoms with Gasteiger partial charge >= 0.3 is 0 Å². The minimum atomic E-state index is -0.178. The Kier molecular flexibility index (Phi) is 3.93.